The summed E-state index contributed by atoms with van der Waals surface area (Å²) in [5, 5.41) is 22.9. The fourth-order valence-corrected chi connectivity index (χ4v) is 1.28. The molecule has 3 N–H and O–H groups in total. The quantitative estimate of drug-likeness (QED) is 0.631. The smallest absolute Gasteiger partial charge is 0.326 e. The second-order valence-corrected chi connectivity index (χ2v) is 3.53. The van der Waals surface area contributed by atoms with Crippen LogP contribution in [0.3, 0.4) is 0 Å². The minimum absolute atomic E-state index is 0.0283. The highest BCUT2D eigenvalue weighted by molar-refractivity contribution is 5.94. The Hall–Kier alpha value is -2.38. The maximum atomic E-state index is 11.5. The first kappa shape index (κ1) is 13.7. The summed E-state index contributed by atoms with van der Waals surface area (Å²) in [5.41, 5.74) is -0.0283. The lowest BCUT2D eigenvalue weighted by Crippen LogP contribution is -2.40. The van der Waals surface area contributed by atoms with Gasteiger partial charge in [-0.15, -0.1) is 0 Å². The summed E-state index contributed by atoms with van der Waals surface area (Å²) in [6.07, 6.45) is 1.23. The van der Waals surface area contributed by atoms with Crippen molar-refractivity contribution in [3.8, 4) is 0 Å². The molecule has 0 unspecified atom stereocenters. The Morgan fingerprint density at radius 2 is 2.11 bits per heavy atom. The molecule has 98 valence electrons. The van der Waals surface area contributed by atoms with E-state index in [2.05, 4.69) is 15.0 Å². The molecule has 0 aliphatic heterocycles. The van der Waals surface area contributed by atoms with Crippen LogP contribution < -0.4 is 5.32 Å². The third kappa shape index (κ3) is 4.24. The third-order valence-electron chi connectivity index (χ3n) is 2.16. The Labute approximate surface area is 102 Å². The van der Waals surface area contributed by atoms with Gasteiger partial charge in [0.1, 0.15) is 12.3 Å². The highest BCUT2D eigenvalue weighted by Gasteiger charge is 2.21. The van der Waals surface area contributed by atoms with E-state index in [0.29, 0.717) is 0 Å². The number of aromatic nitrogens is 1. The first-order chi connectivity index (χ1) is 8.50. The predicted molar refractivity (Wildman–Crippen MR) is 56.9 cm³/mol. The lowest BCUT2D eigenvalue weighted by atomic mass is 10.1. The van der Waals surface area contributed by atoms with Gasteiger partial charge in [0.25, 0.3) is 5.91 Å². The highest BCUT2D eigenvalue weighted by Crippen LogP contribution is 2.03. The summed E-state index contributed by atoms with van der Waals surface area (Å²) in [4.78, 5) is 32.7. The number of carboxylic acid groups (broad SMARTS) is 2. The van der Waals surface area contributed by atoms with Crippen molar-refractivity contribution >= 4 is 17.8 Å². The number of nitrogens with one attached hydrogen (secondary N) is 1. The van der Waals surface area contributed by atoms with Crippen LogP contribution in [-0.2, 0) is 9.59 Å². The van der Waals surface area contributed by atoms with Gasteiger partial charge in [0.2, 0.25) is 0 Å². The molecule has 0 radical (unpaired) electrons. The zero-order valence-electron chi connectivity index (χ0n) is 9.33. The fraction of sp³-hybridized carbons (Fsp3) is 0.400. The molecule has 8 nitrogen and oxygen atoms in total. The van der Waals surface area contributed by atoms with Gasteiger partial charge in [-0.2, -0.15) is 0 Å². The fourth-order valence-electron chi connectivity index (χ4n) is 1.28. The molecular formula is C10H12N2O6. The summed E-state index contributed by atoms with van der Waals surface area (Å²) in [5.74, 6) is -2.91. The molecule has 0 aromatic carbocycles. The van der Waals surface area contributed by atoms with Gasteiger partial charge < -0.3 is 20.1 Å². The van der Waals surface area contributed by atoms with E-state index in [9.17, 15) is 14.4 Å². The molecule has 8 heteroatoms. The molecule has 0 aliphatic carbocycles. The maximum Gasteiger partial charge on any atom is 0.326 e. The van der Waals surface area contributed by atoms with Gasteiger partial charge in [0.05, 0.1) is 0 Å². The molecule has 18 heavy (non-hydrogen) atoms. The van der Waals surface area contributed by atoms with Gasteiger partial charge in [-0.05, 0) is 12.8 Å². The number of rotatable bonds is 7. The van der Waals surface area contributed by atoms with E-state index in [4.69, 9.17) is 10.2 Å². The van der Waals surface area contributed by atoms with Crippen LogP contribution in [-0.4, -0.2) is 39.3 Å². The van der Waals surface area contributed by atoms with Gasteiger partial charge >= 0.3 is 11.9 Å². The average Bonchev–Trinajstić information content (AvgIpc) is 2.80. The van der Waals surface area contributed by atoms with Crippen molar-refractivity contribution in [3.05, 3.63) is 18.0 Å². The van der Waals surface area contributed by atoms with Crippen molar-refractivity contribution in [1.29, 1.82) is 0 Å². The molecule has 1 atom stereocenters. The summed E-state index contributed by atoms with van der Waals surface area (Å²) in [6.45, 7) is 0. The summed E-state index contributed by atoms with van der Waals surface area (Å²) in [7, 11) is 0. The molecule has 0 aliphatic rings. The molecule has 0 fully saturated rings. The molecule has 1 heterocycles. The topological polar surface area (TPSA) is 130 Å². The van der Waals surface area contributed by atoms with Crippen LogP contribution in [0, 0.1) is 0 Å². The maximum absolute atomic E-state index is 11.5. The first-order valence-corrected chi connectivity index (χ1v) is 5.16. The van der Waals surface area contributed by atoms with E-state index in [0.717, 1.165) is 0 Å². The van der Waals surface area contributed by atoms with Gasteiger partial charge in [0, 0.05) is 12.5 Å². The summed E-state index contributed by atoms with van der Waals surface area (Å²) >= 11 is 0. The summed E-state index contributed by atoms with van der Waals surface area (Å²) < 4.78 is 4.45. The van der Waals surface area contributed by atoms with Crippen molar-refractivity contribution in [2.75, 3.05) is 0 Å². The lowest BCUT2D eigenvalue weighted by Gasteiger charge is -2.12. The van der Waals surface area contributed by atoms with E-state index in [1.165, 1.54) is 12.3 Å². The Bertz CT molecular complexity index is 428. The van der Waals surface area contributed by atoms with Gasteiger partial charge in [0.15, 0.2) is 5.69 Å². The van der Waals surface area contributed by atoms with E-state index in [1.807, 2.05) is 0 Å². The second-order valence-electron chi connectivity index (χ2n) is 3.53. The largest absolute Gasteiger partial charge is 0.481 e. The molecule has 0 saturated carbocycles. The Morgan fingerprint density at radius 3 is 2.61 bits per heavy atom. The Balaban J connectivity index is 2.50. The number of amides is 1. The van der Waals surface area contributed by atoms with Crippen LogP contribution in [0.25, 0.3) is 0 Å². The molecule has 0 saturated heterocycles. The number of nitrogens with zero attached hydrogens (tertiary/aromatic N) is 1. The van der Waals surface area contributed by atoms with Crippen LogP contribution in [0.1, 0.15) is 29.8 Å². The Kier molecular flexibility index (Phi) is 4.85. The molecule has 1 aromatic rings. The van der Waals surface area contributed by atoms with Gasteiger partial charge in [-0.1, -0.05) is 5.16 Å². The molecule has 1 amide bonds. The molecule has 1 rings (SSSR count). The van der Waals surface area contributed by atoms with E-state index in [1.54, 1.807) is 0 Å². The molecule has 1 aromatic heterocycles. The first-order valence-electron chi connectivity index (χ1n) is 5.16. The summed E-state index contributed by atoms with van der Waals surface area (Å²) in [6, 6.07) is 0.152. The molecular weight excluding hydrogens is 244 g/mol. The number of carboxylic acids is 2. The standard InChI is InChI=1S/C10H12N2O6/c13-8(14)3-1-2-7(10(16)17)11-9(15)6-4-5-18-12-6/h4-5,7H,1-3H2,(H,11,15)(H,13,14)(H,16,17)/t7-/m1/s1. The van der Waals surface area contributed by atoms with Crippen molar-refractivity contribution in [3.63, 3.8) is 0 Å². The van der Waals surface area contributed by atoms with Crippen molar-refractivity contribution in [2.24, 2.45) is 0 Å². The van der Waals surface area contributed by atoms with Crippen LogP contribution in [0.2, 0.25) is 0 Å². The van der Waals surface area contributed by atoms with Crippen LogP contribution in [0.5, 0.6) is 0 Å². The monoisotopic (exact) mass is 256 g/mol. The van der Waals surface area contributed by atoms with Gasteiger partial charge in [-0.25, -0.2) is 4.79 Å². The lowest BCUT2D eigenvalue weighted by molar-refractivity contribution is -0.140. The zero-order chi connectivity index (χ0) is 13.5. The van der Waals surface area contributed by atoms with E-state index < -0.39 is 23.9 Å². The van der Waals surface area contributed by atoms with Crippen molar-refractivity contribution in [2.45, 2.75) is 25.3 Å². The normalized spacial score (nSPS) is 11.8. The number of aliphatic carboxylic acids is 2. The minimum Gasteiger partial charge on any atom is -0.481 e. The van der Waals surface area contributed by atoms with E-state index >= 15 is 0 Å². The van der Waals surface area contributed by atoms with Crippen LogP contribution in [0.15, 0.2) is 16.9 Å². The number of carbonyl (C=O) groups is 3. The van der Waals surface area contributed by atoms with Crippen LogP contribution >= 0.6 is 0 Å². The second kappa shape index (κ2) is 6.38. The van der Waals surface area contributed by atoms with Crippen molar-refractivity contribution in [1.82, 2.24) is 10.5 Å². The Morgan fingerprint density at radius 1 is 1.39 bits per heavy atom. The van der Waals surface area contributed by atoms with Crippen molar-refractivity contribution < 1.29 is 29.1 Å². The highest BCUT2D eigenvalue weighted by atomic mass is 16.5. The average molecular weight is 256 g/mol. The SMILES string of the molecule is O=C(O)CCC[C@@H](NC(=O)c1ccon1)C(=O)O. The van der Waals surface area contributed by atoms with Crippen LogP contribution in [0.4, 0.5) is 0 Å². The predicted octanol–water partition coefficient (Wildman–Crippen LogP) is 0.113. The number of carbonyl (C=O) groups excluding carboxylic acids is 1. The minimum atomic E-state index is -1.22. The van der Waals surface area contributed by atoms with Gasteiger partial charge in [-0.3, -0.25) is 9.59 Å². The third-order valence-corrected chi connectivity index (χ3v) is 2.16. The number of hydrogen-bond donors (Lipinski definition) is 3. The molecule has 0 spiro atoms. The van der Waals surface area contributed by atoms with E-state index in [-0.39, 0.29) is 25.0 Å². The molecule has 0 bridgehead atoms. The zero-order valence-corrected chi connectivity index (χ0v) is 9.33. The number of hydrogen-bond acceptors (Lipinski definition) is 5.